The minimum atomic E-state index is -0.325. The zero-order chi connectivity index (χ0) is 17.2. The summed E-state index contributed by atoms with van der Waals surface area (Å²) < 4.78 is 1.88. The number of carbonyl (C=O) groups is 1. The lowest BCUT2D eigenvalue weighted by Gasteiger charge is -2.07. The van der Waals surface area contributed by atoms with E-state index in [-0.39, 0.29) is 11.6 Å². The summed E-state index contributed by atoms with van der Waals surface area (Å²) in [4.78, 5) is 25.3. The number of amides is 1. The Labute approximate surface area is 144 Å². The third-order valence-corrected chi connectivity index (χ3v) is 3.84. The maximum Gasteiger partial charge on any atom is 0.277 e. The minimum Gasteiger partial charge on any atom is -0.304 e. The van der Waals surface area contributed by atoms with Crippen LogP contribution in [-0.4, -0.2) is 25.3 Å². The summed E-state index contributed by atoms with van der Waals surface area (Å²) in [5.41, 5.74) is 3.73. The lowest BCUT2D eigenvalue weighted by Crippen LogP contribution is -2.15. The molecule has 4 rings (SSSR count). The van der Waals surface area contributed by atoms with Crippen molar-refractivity contribution in [1.82, 2.24) is 19.4 Å². The van der Waals surface area contributed by atoms with Gasteiger partial charge in [-0.2, -0.15) is 0 Å². The number of fused-ring (bicyclic) bond motifs is 1. The average Bonchev–Trinajstić information content (AvgIpc) is 3.01. The number of anilines is 1. The number of carbonyl (C=O) groups excluding carboxylic acids is 1. The molecule has 0 bridgehead atoms. The van der Waals surface area contributed by atoms with Crippen LogP contribution in [0.15, 0.2) is 67.3 Å². The highest BCUT2D eigenvalue weighted by molar-refractivity contribution is 6.04. The number of hydrogen-bond acceptors (Lipinski definition) is 4. The van der Waals surface area contributed by atoms with Gasteiger partial charge in [-0.15, -0.1) is 0 Å². The molecule has 0 aliphatic rings. The molecule has 122 valence electrons. The van der Waals surface area contributed by atoms with Gasteiger partial charge in [0.25, 0.3) is 5.91 Å². The van der Waals surface area contributed by atoms with Crippen LogP contribution in [0.4, 0.5) is 5.82 Å². The van der Waals surface area contributed by atoms with Gasteiger partial charge in [-0.3, -0.25) is 14.2 Å². The fourth-order valence-corrected chi connectivity index (χ4v) is 2.66. The Morgan fingerprint density at radius 1 is 1.08 bits per heavy atom. The Hall–Kier alpha value is -3.54. The lowest BCUT2D eigenvalue weighted by molar-refractivity contribution is 0.102. The van der Waals surface area contributed by atoms with Gasteiger partial charge in [0.1, 0.15) is 22.9 Å². The second-order valence-corrected chi connectivity index (χ2v) is 5.65. The fourth-order valence-electron chi connectivity index (χ4n) is 2.66. The molecule has 1 aromatic carbocycles. The molecule has 0 radical (unpaired) electrons. The van der Waals surface area contributed by atoms with E-state index in [0.717, 1.165) is 16.8 Å². The maximum absolute atomic E-state index is 12.6. The maximum atomic E-state index is 12.6. The molecule has 0 aliphatic carbocycles. The molecular formula is C19H15N5O. The van der Waals surface area contributed by atoms with Crippen LogP contribution in [-0.2, 0) is 0 Å². The number of aromatic nitrogens is 4. The summed E-state index contributed by atoms with van der Waals surface area (Å²) in [5, 5.41) is 2.93. The van der Waals surface area contributed by atoms with Crippen molar-refractivity contribution < 1.29 is 4.79 Å². The fraction of sp³-hybridized carbons (Fsp3) is 0.0526. The smallest absolute Gasteiger partial charge is 0.277 e. The van der Waals surface area contributed by atoms with Gasteiger partial charge in [0, 0.05) is 24.2 Å². The first-order valence-corrected chi connectivity index (χ1v) is 7.84. The topological polar surface area (TPSA) is 72.2 Å². The van der Waals surface area contributed by atoms with Crippen LogP contribution in [0.2, 0.25) is 0 Å². The number of pyridine rings is 1. The summed E-state index contributed by atoms with van der Waals surface area (Å²) in [6, 6.07) is 13.7. The molecule has 0 fully saturated rings. The molecule has 0 saturated heterocycles. The molecular weight excluding hydrogens is 314 g/mol. The molecule has 3 heterocycles. The van der Waals surface area contributed by atoms with E-state index < -0.39 is 0 Å². The van der Waals surface area contributed by atoms with E-state index >= 15 is 0 Å². The summed E-state index contributed by atoms with van der Waals surface area (Å²) in [6.07, 6.45) is 6.41. The molecule has 4 aromatic rings. The van der Waals surface area contributed by atoms with Crippen LogP contribution < -0.4 is 5.32 Å². The Bertz CT molecular complexity index is 1040. The molecule has 1 amide bonds. The first kappa shape index (κ1) is 15.0. The normalized spacial score (nSPS) is 10.8. The van der Waals surface area contributed by atoms with E-state index in [4.69, 9.17) is 0 Å². The molecule has 25 heavy (non-hydrogen) atoms. The molecule has 6 heteroatoms. The minimum absolute atomic E-state index is 0.254. The Morgan fingerprint density at radius 2 is 1.92 bits per heavy atom. The number of rotatable bonds is 3. The number of hydrogen-bond donors (Lipinski definition) is 1. The van der Waals surface area contributed by atoms with Gasteiger partial charge in [0.05, 0.1) is 6.20 Å². The first-order chi connectivity index (χ1) is 12.2. The molecule has 6 nitrogen and oxygen atoms in total. The third-order valence-electron chi connectivity index (χ3n) is 3.84. The second-order valence-electron chi connectivity index (χ2n) is 5.65. The third kappa shape index (κ3) is 2.85. The quantitative estimate of drug-likeness (QED) is 0.625. The van der Waals surface area contributed by atoms with Gasteiger partial charge in [0.2, 0.25) is 0 Å². The lowest BCUT2D eigenvalue weighted by atomic mass is 10.1. The van der Waals surface area contributed by atoms with Gasteiger partial charge in [0.15, 0.2) is 0 Å². The van der Waals surface area contributed by atoms with Crippen molar-refractivity contribution in [3.8, 4) is 11.3 Å². The van der Waals surface area contributed by atoms with Gasteiger partial charge in [-0.25, -0.2) is 9.97 Å². The number of nitrogens with one attached hydrogen (secondary N) is 1. The summed E-state index contributed by atoms with van der Waals surface area (Å²) in [6.45, 7) is 2.00. The van der Waals surface area contributed by atoms with E-state index in [9.17, 15) is 4.79 Å². The SMILES string of the molecule is Cc1ccc2nc(-c3ccccc3)c(NC(=O)c3cnccn3)n2c1. The second kappa shape index (κ2) is 6.16. The van der Waals surface area contributed by atoms with E-state index in [1.54, 1.807) is 0 Å². The van der Waals surface area contributed by atoms with E-state index in [2.05, 4.69) is 20.3 Å². The van der Waals surface area contributed by atoms with Crippen molar-refractivity contribution in [3.63, 3.8) is 0 Å². The summed E-state index contributed by atoms with van der Waals surface area (Å²) in [7, 11) is 0. The van der Waals surface area contributed by atoms with Crippen molar-refractivity contribution in [2.24, 2.45) is 0 Å². The van der Waals surface area contributed by atoms with Crippen molar-refractivity contribution in [3.05, 3.63) is 78.5 Å². The van der Waals surface area contributed by atoms with Gasteiger partial charge < -0.3 is 5.32 Å². The standard InChI is InChI=1S/C19H15N5O/c1-13-7-8-16-22-17(14-5-3-2-4-6-14)18(24(16)12-13)23-19(25)15-11-20-9-10-21-15/h2-12H,1H3,(H,23,25). The molecule has 0 unspecified atom stereocenters. The Morgan fingerprint density at radius 3 is 2.68 bits per heavy atom. The monoisotopic (exact) mass is 329 g/mol. The van der Waals surface area contributed by atoms with Gasteiger partial charge >= 0.3 is 0 Å². The number of aryl methyl sites for hydroxylation is 1. The van der Waals surface area contributed by atoms with Gasteiger partial charge in [-0.1, -0.05) is 36.4 Å². The van der Waals surface area contributed by atoms with Crippen molar-refractivity contribution in [1.29, 1.82) is 0 Å². The molecule has 0 saturated carbocycles. The molecule has 0 aliphatic heterocycles. The van der Waals surface area contributed by atoms with Gasteiger partial charge in [-0.05, 0) is 18.6 Å². The molecule has 0 atom stereocenters. The summed E-state index contributed by atoms with van der Waals surface area (Å²) in [5.74, 6) is 0.286. The number of nitrogens with zero attached hydrogens (tertiary/aromatic N) is 4. The number of imidazole rings is 1. The molecule has 3 aromatic heterocycles. The first-order valence-electron chi connectivity index (χ1n) is 7.84. The van der Waals surface area contributed by atoms with E-state index in [1.807, 2.05) is 60.0 Å². The highest BCUT2D eigenvalue weighted by Crippen LogP contribution is 2.29. The highest BCUT2D eigenvalue weighted by atomic mass is 16.2. The van der Waals surface area contributed by atoms with Crippen LogP contribution in [0.1, 0.15) is 16.1 Å². The van der Waals surface area contributed by atoms with Crippen LogP contribution in [0, 0.1) is 6.92 Å². The molecule has 0 spiro atoms. The van der Waals surface area contributed by atoms with Crippen LogP contribution >= 0.6 is 0 Å². The van der Waals surface area contributed by atoms with Crippen molar-refractivity contribution in [2.45, 2.75) is 6.92 Å². The Balaban J connectivity index is 1.85. The largest absolute Gasteiger partial charge is 0.304 e. The van der Waals surface area contributed by atoms with E-state index in [1.165, 1.54) is 18.6 Å². The van der Waals surface area contributed by atoms with Crippen LogP contribution in [0.3, 0.4) is 0 Å². The predicted octanol–water partition coefficient (Wildman–Crippen LogP) is 3.35. The van der Waals surface area contributed by atoms with Crippen LogP contribution in [0.5, 0.6) is 0 Å². The molecule has 1 N–H and O–H groups in total. The Kier molecular flexibility index (Phi) is 3.70. The zero-order valence-electron chi connectivity index (χ0n) is 13.5. The average molecular weight is 329 g/mol. The van der Waals surface area contributed by atoms with E-state index in [0.29, 0.717) is 11.5 Å². The van der Waals surface area contributed by atoms with Crippen LogP contribution in [0.25, 0.3) is 16.9 Å². The van der Waals surface area contributed by atoms with Crippen molar-refractivity contribution in [2.75, 3.05) is 5.32 Å². The highest BCUT2D eigenvalue weighted by Gasteiger charge is 2.18. The summed E-state index contributed by atoms with van der Waals surface area (Å²) >= 11 is 0. The zero-order valence-corrected chi connectivity index (χ0v) is 13.5. The van der Waals surface area contributed by atoms with Crippen molar-refractivity contribution >= 4 is 17.4 Å². The number of benzene rings is 1. The predicted molar refractivity (Wildman–Crippen MR) is 95.4 cm³/mol.